The summed E-state index contributed by atoms with van der Waals surface area (Å²) >= 11 is 6.92. The molecule has 1 aromatic carbocycles. The Morgan fingerprint density at radius 1 is 1.27 bits per heavy atom. The monoisotopic (exact) mass is 570 g/mol. The molecule has 2 N–H and O–H groups in total. The maximum atomic E-state index is 12.7. The van der Waals surface area contributed by atoms with Crippen LogP contribution >= 0.6 is 46.9 Å². The quantitative estimate of drug-likeness (QED) is 0.259. The second-order valence-electron chi connectivity index (χ2n) is 5.98. The van der Waals surface area contributed by atoms with E-state index in [9.17, 15) is 13.2 Å². The lowest BCUT2D eigenvalue weighted by Crippen LogP contribution is -2.40. The lowest BCUT2D eigenvalue weighted by molar-refractivity contribution is -0.140. The van der Waals surface area contributed by atoms with Crippen LogP contribution < -0.4 is 10.6 Å². The Morgan fingerprint density at radius 2 is 2.00 bits per heavy atom. The minimum Gasteiger partial charge on any atom is -0.354 e. The summed E-state index contributed by atoms with van der Waals surface area (Å²) in [5, 5.41) is 12.4. The molecule has 162 valence electrons. The predicted molar refractivity (Wildman–Crippen MR) is 123 cm³/mol. The van der Waals surface area contributed by atoms with Crippen LogP contribution in [0, 0.1) is 0 Å². The fourth-order valence-corrected chi connectivity index (χ4v) is 3.48. The second-order valence-corrected chi connectivity index (χ2v) is 7.36. The SMILES string of the molecule is CN=C(NCc1nc(C(F)(F)F)cs1)NCC(c1ccc(Cl)cc1)n1cccn1.I. The van der Waals surface area contributed by atoms with Gasteiger partial charge in [-0.05, 0) is 23.8 Å². The zero-order chi connectivity index (χ0) is 20.9. The van der Waals surface area contributed by atoms with Crippen LogP contribution in [0.4, 0.5) is 13.2 Å². The van der Waals surface area contributed by atoms with Crippen molar-refractivity contribution >= 4 is 52.9 Å². The summed E-state index contributed by atoms with van der Waals surface area (Å²) in [6, 6.07) is 9.15. The van der Waals surface area contributed by atoms with Crippen molar-refractivity contribution in [3.8, 4) is 0 Å². The molecule has 0 aliphatic rings. The van der Waals surface area contributed by atoms with Crippen LogP contribution in [-0.2, 0) is 12.7 Å². The molecular formula is C18H19ClF3IN6S. The van der Waals surface area contributed by atoms with Gasteiger partial charge in [0.05, 0.1) is 12.6 Å². The van der Waals surface area contributed by atoms with Gasteiger partial charge in [0.25, 0.3) is 0 Å². The predicted octanol–water partition coefficient (Wildman–Crippen LogP) is 4.58. The maximum absolute atomic E-state index is 12.7. The van der Waals surface area contributed by atoms with Crippen molar-refractivity contribution in [1.29, 1.82) is 0 Å². The van der Waals surface area contributed by atoms with Gasteiger partial charge in [0.2, 0.25) is 0 Å². The highest BCUT2D eigenvalue weighted by molar-refractivity contribution is 14.0. The minimum absolute atomic E-state index is 0. The number of hydrogen-bond donors (Lipinski definition) is 2. The molecule has 1 unspecified atom stereocenters. The molecule has 2 aromatic heterocycles. The van der Waals surface area contributed by atoms with Crippen LogP contribution in [0.3, 0.4) is 0 Å². The zero-order valence-corrected chi connectivity index (χ0v) is 19.6. The van der Waals surface area contributed by atoms with Gasteiger partial charge in [-0.15, -0.1) is 35.3 Å². The van der Waals surface area contributed by atoms with Gasteiger partial charge in [0, 0.05) is 36.4 Å². The first kappa shape index (κ1) is 24.4. The largest absolute Gasteiger partial charge is 0.434 e. The number of benzene rings is 1. The summed E-state index contributed by atoms with van der Waals surface area (Å²) in [5.74, 6) is 0.444. The number of thiazole rings is 1. The highest BCUT2D eigenvalue weighted by atomic mass is 127. The van der Waals surface area contributed by atoms with E-state index in [4.69, 9.17) is 11.6 Å². The summed E-state index contributed by atoms with van der Waals surface area (Å²) in [7, 11) is 1.59. The van der Waals surface area contributed by atoms with Crippen LogP contribution in [-0.4, -0.2) is 34.3 Å². The molecule has 0 fully saturated rings. The smallest absolute Gasteiger partial charge is 0.354 e. The van der Waals surface area contributed by atoms with Crippen molar-refractivity contribution in [3.05, 3.63) is 69.4 Å². The third-order valence-electron chi connectivity index (χ3n) is 4.03. The number of nitrogens with one attached hydrogen (secondary N) is 2. The van der Waals surface area contributed by atoms with Crippen LogP contribution in [0.2, 0.25) is 5.02 Å². The van der Waals surface area contributed by atoms with Gasteiger partial charge in [-0.1, -0.05) is 23.7 Å². The normalized spacial score (nSPS) is 12.9. The van der Waals surface area contributed by atoms with E-state index in [0.29, 0.717) is 22.5 Å². The molecule has 0 saturated carbocycles. The second kappa shape index (κ2) is 11.0. The minimum atomic E-state index is -4.44. The standard InChI is InChI=1S/C18H18ClF3N6S.HI/c1-23-17(25-10-16-27-15(11-29-16)18(20,21)22)24-9-14(28-8-2-7-26-28)12-3-5-13(19)6-4-12;/h2-8,11,14H,9-10H2,1H3,(H2,23,24,25);1H. The molecule has 12 heteroatoms. The molecule has 1 atom stereocenters. The van der Waals surface area contributed by atoms with Crippen molar-refractivity contribution in [3.63, 3.8) is 0 Å². The van der Waals surface area contributed by atoms with Crippen LogP contribution in [0.1, 0.15) is 22.3 Å². The van der Waals surface area contributed by atoms with E-state index in [0.717, 1.165) is 22.3 Å². The Balaban J connectivity index is 0.00000320. The number of nitrogens with zero attached hydrogens (tertiary/aromatic N) is 4. The topological polar surface area (TPSA) is 67.1 Å². The number of aliphatic imine (C=N–C) groups is 1. The molecule has 2 heterocycles. The summed E-state index contributed by atoms with van der Waals surface area (Å²) < 4.78 is 39.8. The molecule has 0 saturated heterocycles. The average molecular weight is 571 g/mol. The molecule has 0 spiro atoms. The lowest BCUT2D eigenvalue weighted by atomic mass is 10.1. The summed E-state index contributed by atoms with van der Waals surface area (Å²) in [4.78, 5) is 7.72. The van der Waals surface area contributed by atoms with Gasteiger partial charge >= 0.3 is 6.18 Å². The van der Waals surface area contributed by atoms with Crippen molar-refractivity contribution in [2.24, 2.45) is 4.99 Å². The molecule has 0 amide bonds. The molecule has 0 aliphatic heterocycles. The third-order valence-corrected chi connectivity index (χ3v) is 5.14. The van der Waals surface area contributed by atoms with E-state index in [-0.39, 0.29) is 36.6 Å². The average Bonchev–Trinajstić information content (AvgIpc) is 3.37. The number of guanidine groups is 1. The molecule has 6 nitrogen and oxygen atoms in total. The maximum Gasteiger partial charge on any atom is 0.434 e. The Kier molecular flexibility index (Phi) is 8.92. The highest BCUT2D eigenvalue weighted by Crippen LogP contribution is 2.29. The first-order valence-electron chi connectivity index (χ1n) is 8.57. The Bertz CT molecular complexity index is 944. The van der Waals surface area contributed by atoms with E-state index < -0.39 is 11.9 Å². The van der Waals surface area contributed by atoms with Crippen molar-refractivity contribution < 1.29 is 13.2 Å². The van der Waals surface area contributed by atoms with Gasteiger partial charge in [0.15, 0.2) is 11.7 Å². The lowest BCUT2D eigenvalue weighted by Gasteiger charge is -2.20. The van der Waals surface area contributed by atoms with Gasteiger partial charge < -0.3 is 10.6 Å². The fourth-order valence-electron chi connectivity index (χ4n) is 2.61. The van der Waals surface area contributed by atoms with Crippen molar-refractivity contribution in [2.75, 3.05) is 13.6 Å². The summed E-state index contributed by atoms with van der Waals surface area (Å²) in [6.45, 7) is 0.586. The van der Waals surface area contributed by atoms with E-state index >= 15 is 0 Å². The number of alkyl halides is 3. The number of rotatable bonds is 6. The van der Waals surface area contributed by atoms with Crippen LogP contribution in [0.15, 0.2) is 53.1 Å². The first-order chi connectivity index (χ1) is 13.9. The van der Waals surface area contributed by atoms with Crippen LogP contribution in [0.25, 0.3) is 0 Å². The molecular weight excluding hydrogens is 552 g/mol. The summed E-state index contributed by atoms with van der Waals surface area (Å²) in [6.07, 6.45) is -0.897. The molecule has 0 bridgehead atoms. The summed E-state index contributed by atoms with van der Waals surface area (Å²) in [5.41, 5.74) is 0.111. The molecule has 0 radical (unpaired) electrons. The van der Waals surface area contributed by atoms with Crippen LogP contribution in [0.5, 0.6) is 0 Å². The van der Waals surface area contributed by atoms with E-state index in [1.54, 1.807) is 30.1 Å². The van der Waals surface area contributed by atoms with Gasteiger partial charge in [-0.25, -0.2) is 4.98 Å². The zero-order valence-electron chi connectivity index (χ0n) is 15.7. The number of halogens is 5. The molecule has 3 aromatic rings. The number of hydrogen-bond acceptors (Lipinski definition) is 4. The van der Waals surface area contributed by atoms with E-state index in [1.165, 1.54) is 0 Å². The molecule has 3 rings (SSSR count). The van der Waals surface area contributed by atoms with Crippen molar-refractivity contribution in [2.45, 2.75) is 18.8 Å². The number of aromatic nitrogens is 3. The highest BCUT2D eigenvalue weighted by Gasteiger charge is 2.33. The Morgan fingerprint density at radius 3 is 2.57 bits per heavy atom. The molecule has 0 aliphatic carbocycles. The Hall–Kier alpha value is -1.86. The van der Waals surface area contributed by atoms with E-state index in [1.807, 2.05) is 24.4 Å². The third kappa shape index (κ3) is 6.57. The van der Waals surface area contributed by atoms with Crippen molar-refractivity contribution in [1.82, 2.24) is 25.4 Å². The molecule has 30 heavy (non-hydrogen) atoms. The van der Waals surface area contributed by atoms with Gasteiger partial charge in [-0.3, -0.25) is 9.67 Å². The first-order valence-corrected chi connectivity index (χ1v) is 9.83. The van der Waals surface area contributed by atoms with E-state index in [2.05, 4.69) is 25.7 Å². The van der Waals surface area contributed by atoms with Gasteiger partial charge in [-0.2, -0.15) is 18.3 Å². The Labute approximate surface area is 197 Å². The van der Waals surface area contributed by atoms with Gasteiger partial charge in [0.1, 0.15) is 5.01 Å². The fraction of sp³-hybridized carbons (Fsp3) is 0.278.